The summed E-state index contributed by atoms with van der Waals surface area (Å²) >= 11 is 0. The van der Waals surface area contributed by atoms with Crippen LogP contribution in [0.4, 0.5) is 5.69 Å². The van der Waals surface area contributed by atoms with Crippen LogP contribution in [-0.4, -0.2) is 35.9 Å². The van der Waals surface area contributed by atoms with Crippen molar-refractivity contribution in [3.05, 3.63) is 24.0 Å². The molecule has 0 aromatic carbocycles. The van der Waals surface area contributed by atoms with Crippen LogP contribution >= 0.6 is 0 Å². The second kappa shape index (κ2) is 8.94. The molecule has 1 aromatic rings. The van der Waals surface area contributed by atoms with Crippen LogP contribution in [0.15, 0.2) is 18.5 Å². The van der Waals surface area contributed by atoms with Crippen LogP contribution in [0.25, 0.3) is 0 Å². The van der Waals surface area contributed by atoms with Gasteiger partial charge in [0.25, 0.3) is 5.91 Å². The molecule has 116 valence electrons. The maximum Gasteiger partial charge on any atom is 0.254 e. The van der Waals surface area contributed by atoms with Crippen LogP contribution in [0.3, 0.4) is 0 Å². The van der Waals surface area contributed by atoms with Gasteiger partial charge in [-0.15, -0.1) is 0 Å². The van der Waals surface area contributed by atoms with E-state index in [1.807, 2.05) is 13.8 Å². The summed E-state index contributed by atoms with van der Waals surface area (Å²) in [7, 11) is 0. The number of hydrogen-bond donors (Lipinski definition) is 3. The molecule has 0 atom stereocenters. The highest BCUT2D eigenvalue weighted by molar-refractivity contribution is 5.99. The smallest absolute Gasteiger partial charge is 0.254 e. The quantitative estimate of drug-likeness (QED) is 0.679. The molecule has 0 aliphatic carbocycles. The molecule has 3 N–H and O–H groups in total. The number of anilines is 1. The maximum absolute atomic E-state index is 12.1. The average Bonchev–Trinajstić information content (AvgIpc) is 2.44. The molecule has 0 unspecified atom stereocenters. The van der Waals surface area contributed by atoms with E-state index < -0.39 is 0 Å². The van der Waals surface area contributed by atoms with E-state index in [1.165, 1.54) is 6.20 Å². The van der Waals surface area contributed by atoms with E-state index in [2.05, 4.69) is 27.9 Å². The Balaban J connectivity index is 2.50. The van der Waals surface area contributed by atoms with Gasteiger partial charge in [0, 0.05) is 37.9 Å². The van der Waals surface area contributed by atoms with E-state index in [-0.39, 0.29) is 24.3 Å². The second-order valence-electron chi connectivity index (χ2n) is 5.08. The molecule has 1 aromatic heterocycles. The van der Waals surface area contributed by atoms with Crippen molar-refractivity contribution in [1.82, 2.24) is 15.6 Å². The molecule has 6 heteroatoms. The number of nitrogens with one attached hydrogen (secondary N) is 3. The zero-order chi connectivity index (χ0) is 15.7. The minimum absolute atomic E-state index is 0.0687. The summed E-state index contributed by atoms with van der Waals surface area (Å²) in [6, 6.07) is 1.88. The number of amides is 2. The summed E-state index contributed by atoms with van der Waals surface area (Å²) in [5.74, 6) is -0.292. The van der Waals surface area contributed by atoms with Crippen LogP contribution in [0.2, 0.25) is 0 Å². The Kier molecular flexibility index (Phi) is 7.21. The van der Waals surface area contributed by atoms with Crippen molar-refractivity contribution in [1.29, 1.82) is 0 Å². The predicted molar refractivity (Wildman–Crippen MR) is 83.2 cm³/mol. The summed E-state index contributed by atoms with van der Waals surface area (Å²) in [5.41, 5.74) is 1.26. The average molecular weight is 292 g/mol. The Morgan fingerprint density at radius 3 is 2.71 bits per heavy atom. The van der Waals surface area contributed by atoms with Gasteiger partial charge in [0.15, 0.2) is 0 Å². The summed E-state index contributed by atoms with van der Waals surface area (Å²) in [5, 5.41) is 8.71. The molecule has 0 saturated carbocycles. The molecular formula is C15H24N4O2. The molecule has 0 spiro atoms. The Morgan fingerprint density at radius 2 is 2.05 bits per heavy atom. The summed E-state index contributed by atoms with van der Waals surface area (Å²) in [6.07, 6.45) is 4.41. The molecule has 0 aliphatic rings. The van der Waals surface area contributed by atoms with Crippen molar-refractivity contribution in [3.8, 4) is 0 Å². The van der Waals surface area contributed by atoms with E-state index >= 15 is 0 Å². The van der Waals surface area contributed by atoms with Gasteiger partial charge in [0.05, 0.1) is 11.3 Å². The van der Waals surface area contributed by atoms with Crippen molar-refractivity contribution in [2.24, 2.45) is 0 Å². The number of hydrogen-bond acceptors (Lipinski definition) is 4. The third-order valence-corrected chi connectivity index (χ3v) is 2.72. The van der Waals surface area contributed by atoms with Gasteiger partial charge in [-0.05, 0) is 26.3 Å². The van der Waals surface area contributed by atoms with Crippen molar-refractivity contribution in [2.75, 3.05) is 18.4 Å². The fourth-order valence-corrected chi connectivity index (χ4v) is 1.77. The predicted octanol–water partition coefficient (Wildman–Crippen LogP) is 1.55. The molecule has 1 heterocycles. The van der Waals surface area contributed by atoms with Crippen LogP contribution in [-0.2, 0) is 4.79 Å². The Bertz CT molecular complexity index is 474. The normalized spacial score (nSPS) is 10.3. The van der Waals surface area contributed by atoms with Gasteiger partial charge in [-0.25, -0.2) is 0 Å². The first kappa shape index (κ1) is 16.9. The monoisotopic (exact) mass is 292 g/mol. The molecule has 1 rings (SSSR count). The molecular weight excluding hydrogens is 268 g/mol. The lowest BCUT2D eigenvalue weighted by Crippen LogP contribution is -2.34. The SMILES string of the molecule is CCCNc1ccncc1C(=O)NCCC(=O)NC(C)C. The zero-order valence-corrected chi connectivity index (χ0v) is 12.9. The van der Waals surface area contributed by atoms with Gasteiger partial charge in [0.1, 0.15) is 0 Å². The van der Waals surface area contributed by atoms with Crippen LogP contribution in [0.1, 0.15) is 44.0 Å². The number of pyridine rings is 1. The van der Waals surface area contributed by atoms with Crippen LogP contribution < -0.4 is 16.0 Å². The number of carbonyl (C=O) groups is 2. The highest BCUT2D eigenvalue weighted by Crippen LogP contribution is 2.13. The van der Waals surface area contributed by atoms with Gasteiger partial charge in [-0.3, -0.25) is 14.6 Å². The third kappa shape index (κ3) is 6.25. The van der Waals surface area contributed by atoms with Gasteiger partial charge in [0.2, 0.25) is 5.91 Å². The van der Waals surface area contributed by atoms with Gasteiger partial charge in [-0.1, -0.05) is 6.92 Å². The number of rotatable bonds is 8. The lowest BCUT2D eigenvalue weighted by atomic mass is 10.2. The highest BCUT2D eigenvalue weighted by Gasteiger charge is 2.11. The molecule has 2 amide bonds. The first-order valence-corrected chi connectivity index (χ1v) is 7.30. The summed E-state index contributed by atoms with van der Waals surface area (Å²) in [6.45, 7) is 6.96. The van der Waals surface area contributed by atoms with Crippen molar-refractivity contribution < 1.29 is 9.59 Å². The Hall–Kier alpha value is -2.11. The van der Waals surface area contributed by atoms with Gasteiger partial charge >= 0.3 is 0 Å². The lowest BCUT2D eigenvalue weighted by molar-refractivity contribution is -0.121. The highest BCUT2D eigenvalue weighted by atomic mass is 16.2. The largest absolute Gasteiger partial charge is 0.384 e. The van der Waals surface area contributed by atoms with Crippen molar-refractivity contribution >= 4 is 17.5 Å². The van der Waals surface area contributed by atoms with E-state index in [4.69, 9.17) is 0 Å². The maximum atomic E-state index is 12.1. The number of nitrogens with zero attached hydrogens (tertiary/aromatic N) is 1. The molecule has 0 bridgehead atoms. The third-order valence-electron chi connectivity index (χ3n) is 2.72. The van der Waals surface area contributed by atoms with Crippen LogP contribution in [0, 0.1) is 0 Å². The first-order chi connectivity index (χ1) is 10.0. The minimum atomic E-state index is -0.223. The van der Waals surface area contributed by atoms with E-state index in [0.717, 1.165) is 18.7 Å². The minimum Gasteiger partial charge on any atom is -0.384 e. The standard InChI is InChI=1S/C15H24N4O2/c1-4-7-17-13-5-8-16-10-12(13)15(21)18-9-6-14(20)19-11(2)3/h5,8,10-11H,4,6-7,9H2,1-3H3,(H,16,17)(H,18,21)(H,19,20). The van der Waals surface area contributed by atoms with Crippen molar-refractivity contribution in [2.45, 2.75) is 39.7 Å². The Labute approximate surface area is 125 Å². The fraction of sp³-hybridized carbons (Fsp3) is 0.533. The lowest BCUT2D eigenvalue weighted by Gasteiger charge is -2.11. The zero-order valence-electron chi connectivity index (χ0n) is 12.9. The molecule has 0 fully saturated rings. The summed E-state index contributed by atoms with van der Waals surface area (Å²) in [4.78, 5) is 27.6. The molecule has 21 heavy (non-hydrogen) atoms. The van der Waals surface area contributed by atoms with E-state index in [9.17, 15) is 9.59 Å². The molecule has 0 aliphatic heterocycles. The first-order valence-electron chi connectivity index (χ1n) is 7.30. The Morgan fingerprint density at radius 1 is 1.29 bits per heavy atom. The molecule has 0 radical (unpaired) electrons. The molecule has 0 saturated heterocycles. The topological polar surface area (TPSA) is 83.1 Å². The van der Waals surface area contributed by atoms with Gasteiger partial charge < -0.3 is 16.0 Å². The van der Waals surface area contributed by atoms with Crippen molar-refractivity contribution in [3.63, 3.8) is 0 Å². The fourth-order valence-electron chi connectivity index (χ4n) is 1.77. The van der Waals surface area contributed by atoms with Gasteiger partial charge in [-0.2, -0.15) is 0 Å². The summed E-state index contributed by atoms with van der Waals surface area (Å²) < 4.78 is 0. The van der Waals surface area contributed by atoms with E-state index in [0.29, 0.717) is 12.1 Å². The van der Waals surface area contributed by atoms with Crippen LogP contribution in [0.5, 0.6) is 0 Å². The molecule has 6 nitrogen and oxygen atoms in total. The second-order valence-corrected chi connectivity index (χ2v) is 5.08. The van der Waals surface area contributed by atoms with E-state index in [1.54, 1.807) is 12.3 Å². The number of aromatic nitrogens is 1. The number of carbonyl (C=O) groups excluding carboxylic acids is 2.